The van der Waals surface area contributed by atoms with Gasteiger partial charge in [-0.2, -0.15) is 10.4 Å². The molecule has 1 aromatic carbocycles. The number of rotatable bonds is 6. The number of nitrogens with one attached hydrogen (secondary N) is 3. The van der Waals surface area contributed by atoms with Gasteiger partial charge >= 0.3 is 0 Å². The minimum absolute atomic E-state index is 0.00159. The van der Waals surface area contributed by atoms with Gasteiger partial charge in [-0.15, -0.1) is 0 Å². The van der Waals surface area contributed by atoms with Gasteiger partial charge in [-0.3, -0.25) is 10.8 Å². The fourth-order valence-electron chi connectivity index (χ4n) is 1.60. The highest BCUT2D eigenvalue weighted by molar-refractivity contribution is 7.92. The highest BCUT2D eigenvalue weighted by Gasteiger charge is 2.15. The standard InChI is InChI=1S/C14H14N8O2S/c1-9-7-18-14(19-8-9)22-25(23,24)11-4-2-10(3-5-11)20-21-12(6-15)13(16)17/h2-5,7-8,20H,1H3,(H3,16,17)(H,18,19,22)/b21-12+. The number of nitriles is 1. The third-order valence-corrected chi connectivity index (χ3v) is 4.17. The van der Waals surface area contributed by atoms with Gasteiger partial charge in [0.25, 0.3) is 10.0 Å². The van der Waals surface area contributed by atoms with Gasteiger partial charge in [0.2, 0.25) is 11.7 Å². The zero-order chi connectivity index (χ0) is 18.4. The van der Waals surface area contributed by atoms with Gasteiger partial charge in [-0.25, -0.2) is 23.1 Å². The molecule has 1 aromatic heterocycles. The van der Waals surface area contributed by atoms with Crippen LogP contribution in [0, 0.1) is 23.7 Å². The van der Waals surface area contributed by atoms with Crippen molar-refractivity contribution in [1.82, 2.24) is 9.97 Å². The van der Waals surface area contributed by atoms with Gasteiger partial charge in [0, 0.05) is 12.4 Å². The summed E-state index contributed by atoms with van der Waals surface area (Å²) in [5, 5.41) is 19.5. The van der Waals surface area contributed by atoms with E-state index in [9.17, 15) is 8.42 Å². The van der Waals surface area contributed by atoms with Crippen molar-refractivity contribution in [2.24, 2.45) is 10.8 Å². The molecular formula is C14H14N8O2S. The van der Waals surface area contributed by atoms with Gasteiger partial charge in [0.1, 0.15) is 6.07 Å². The van der Waals surface area contributed by atoms with E-state index in [1.165, 1.54) is 36.7 Å². The summed E-state index contributed by atoms with van der Waals surface area (Å²) in [6.07, 6.45) is 3.00. The van der Waals surface area contributed by atoms with Crippen molar-refractivity contribution in [3.8, 4) is 6.07 Å². The van der Waals surface area contributed by atoms with Crippen LogP contribution in [0.1, 0.15) is 5.56 Å². The van der Waals surface area contributed by atoms with Gasteiger partial charge in [-0.05, 0) is 36.8 Å². The maximum atomic E-state index is 12.3. The molecule has 0 aliphatic heterocycles. The van der Waals surface area contributed by atoms with Crippen LogP contribution in [0.2, 0.25) is 0 Å². The number of aromatic nitrogens is 2. The lowest BCUT2D eigenvalue weighted by Crippen LogP contribution is -2.21. The zero-order valence-corrected chi connectivity index (χ0v) is 13.9. The van der Waals surface area contributed by atoms with Crippen LogP contribution in [-0.2, 0) is 10.0 Å². The highest BCUT2D eigenvalue weighted by Crippen LogP contribution is 2.16. The first kappa shape index (κ1) is 17.8. The van der Waals surface area contributed by atoms with Crippen LogP contribution in [0.3, 0.4) is 0 Å². The quantitative estimate of drug-likeness (QED) is 0.336. The van der Waals surface area contributed by atoms with E-state index in [0.717, 1.165) is 5.56 Å². The van der Waals surface area contributed by atoms with Gasteiger partial charge in [0.15, 0.2) is 5.84 Å². The minimum atomic E-state index is -3.84. The Balaban J connectivity index is 2.14. The zero-order valence-electron chi connectivity index (χ0n) is 13.1. The van der Waals surface area contributed by atoms with E-state index in [0.29, 0.717) is 5.69 Å². The lowest BCUT2D eigenvalue weighted by atomic mass is 10.3. The molecule has 0 unspecified atom stereocenters. The predicted molar refractivity (Wildman–Crippen MR) is 92.6 cm³/mol. The summed E-state index contributed by atoms with van der Waals surface area (Å²) in [7, 11) is -3.84. The average molecular weight is 358 g/mol. The van der Waals surface area contributed by atoms with Crippen LogP contribution < -0.4 is 15.9 Å². The second kappa shape index (κ2) is 7.37. The highest BCUT2D eigenvalue weighted by atomic mass is 32.2. The molecule has 2 aromatic rings. The first-order valence-corrected chi connectivity index (χ1v) is 8.30. The second-order valence-electron chi connectivity index (χ2n) is 4.81. The van der Waals surface area contributed by atoms with E-state index in [1.54, 1.807) is 13.0 Å². The van der Waals surface area contributed by atoms with Crippen molar-refractivity contribution in [2.75, 3.05) is 10.1 Å². The lowest BCUT2D eigenvalue weighted by molar-refractivity contribution is 0.601. The number of hydrogen-bond acceptors (Lipinski definition) is 8. The molecule has 11 heteroatoms. The molecule has 25 heavy (non-hydrogen) atoms. The topological polar surface area (TPSA) is 170 Å². The molecule has 0 fully saturated rings. The molecule has 128 valence electrons. The maximum Gasteiger partial charge on any atom is 0.264 e. The van der Waals surface area contributed by atoms with E-state index in [2.05, 4.69) is 25.2 Å². The number of hydrogen-bond donors (Lipinski definition) is 4. The number of amidine groups is 1. The van der Waals surface area contributed by atoms with Crippen molar-refractivity contribution < 1.29 is 8.42 Å². The van der Waals surface area contributed by atoms with E-state index in [-0.39, 0.29) is 16.6 Å². The van der Waals surface area contributed by atoms with E-state index in [4.69, 9.17) is 16.4 Å². The first-order valence-electron chi connectivity index (χ1n) is 6.81. The Morgan fingerprint density at radius 3 is 2.40 bits per heavy atom. The number of aryl methyl sites for hydroxylation is 1. The SMILES string of the molecule is Cc1cnc(NS(=O)(=O)c2ccc(N/N=C(\C#N)C(=N)N)cc2)nc1. The van der Waals surface area contributed by atoms with Crippen LogP contribution in [0.4, 0.5) is 11.6 Å². The Kier molecular flexibility index (Phi) is 5.25. The Morgan fingerprint density at radius 2 is 1.88 bits per heavy atom. The monoisotopic (exact) mass is 358 g/mol. The molecule has 2 rings (SSSR count). The molecule has 0 bridgehead atoms. The number of benzene rings is 1. The molecule has 1 heterocycles. The third-order valence-electron chi connectivity index (χ3n) is 2.83. The molecule has 0 aliphatic rings. The van der Waals surface area contributed by atoms with Crippen molar-refractivity contribution in [3.63, 3.8) is 0 Å². The van der Waals surface area contributed by atoms with Crippen molar-refractivity contribution in [1.29, 1.82) is 10.7 Å². The fourth-order valence-corrected chi connectivity index (χ4v) is 2.56. The van der Waals surface area contributed by atoms with Crippen molar-refractivity contribution in [2.45, 2.75) is 11.8 Å². The summed E-state index contributed by atoms with van der Waals surface area (Å²) >= 11 is 0. The lowest BCUT2D eigenvalue weighted by Gasteiger charge is -2.07. The largest absolute Gasteiger partial charge is 0.382 e. The van der Waals surface area contributed by atoms with Crippen molar-refractivity contribution >= 4 is 33.2 Å². The fraction of sp³-hybridized carbons (Fsp3) is 0.0714. The molecule has 0 aliphatic carbocycles. The van der Waals surface area contributed by atoms with E-state index >= 15 is 0 Å². The number of nitrogens with zero attached hydrogens (tertiary/aromatic N) is 4. The number of anilines is 2. The summed E-state index contributed by atoms with van der Waals surface area (Å²) in [4.78, 5) is 7.77. The molecule has 0 spiro atoms. The van der Waals surface area contributed by atoms with Gasteiger partial charge in [-0.1, -0.05) is 0 Å². The van der Waals surface area contributed by atoms with Crippen LogP contribution >= 0.6 is 0 Å². The van der Waals surface area contributed by atoms with Crippen LogP contribution in [0.15, 0.2) is 46.7 Å². The molecule has 5 N–H and O–H groups in total. The van der Waals surface area contributed by atoms with Crippen molar-refractivity contribution in [3.05, 3.63) is 42.2 Å². The number of nitrogens with two attached hydrogens (primary N) is 1. The van der Waals surface area contributed by atoms with E-state index < -0.39 is 15.9 Å². The second-order valence-corrected chi connectivity index (χ2v) is 6.49. The van der Waals surface area contributed by atoms with E-state index in [1.807, 2.05) is 0 Å². The summed E-state index contributed by atoms with van der Waals surface area (Å²) in [5.74, 6) is -0.506. The summed E-state index contributed by atoms with van der Waals surface area (Å²) < 4.78 is 26.8. The van der Waals surface area contributed by atoms with Gasteiger partial charge < -0.3 is 5.73 Å². The van der Waals surface area contributed by atoms with Crippen LogP contribution in [0.5, 0.6) is 0 Å². The summed E-state index contributed by atoms with van der Waals surface area (Å²) in [5.41, 5.74) is 8.62. The first-order chi connectivity index (χ1) is 11.8. The molecule has 10 nitrogen and oxygen atoms in total. The Morgan fingerprint density at radius 1 is 1.28 bits per heavy atom. The summed E-state index contributed by atoms with van der Waals surface area (Å²) in [6.45, 7) is 1.79. The molecule has 0 saturated carbocycles. The molecule has 0 amide bonds. The average Bonchev–Trinajstić information content (AvgIpc) is 2.57. The number of sulfonamides is 1. The molecular weight excluding hydrogens is 344 g/mol. The Hall–Kier alpha value is -3.52. The molecule has 0 atom stereocenters. The Labute approximate surface area is 144 Å². The third kappa shape index (κ3) is 4.72. The van der Waals surface area contributed by atoms with Crippen LogP contribution in [0.25, 0.3) is 0 Å². The molecule has 0 radical (unpaired) electrons. The smallest absolute Gasteiger partial charge is 0.264 e. The summed E-state index contributed by atoms with van der Waals surface area (Å²) in [6, 6.07) is 7.23. The predicted octanol–water partition coefficient (Wildman–Crippen LogP) is 0.813. The van der Waals surface area contributed by atoms with Crippen LogP contribution in [-0.4, -0.2) is 29.9 Å². The molecule has 0 saturated heterocycles. The number of hydrazone groups is 1. The minimum Gasteiger partial charge on any atom is -0.382 e. The maximum absolute atomic E-state index is 12.3. The van der Waals surface area contributed by atoms with Gasteiger partial charge in [0.05, 0.1) is 10.6 Å². The Bertz CT molecular complexity index is 944. The normalized spacial score (nSPS) is 11.4.